The molecule has 4 N–H and O–H groups in total. The van der Waals surface area contributed by atoms with Crippen molar-refractivity contribution in [1.82, 2.24) is 5.32 Å². The molecule has 0 rings (SSSR count). The molecule has 0 aromatic carbocycles. The standard InChI is InChI=1S/C14H21NO8/c1-2-11(17)15-10(14(22)23)5-4-9(16)7-8(13(20)21)3-6-12(18)19/h8,10H,2-7H2,1H3,(H,15,17)(H,18,19)(H,20,21)(H,22,23)/t8-,10+/m1/s1. The number of amides is 1. The van der Waals surface area contributed by atoms with Crippen LogP contribution in [0.4, 0.5) is 0 Å². The Morgan fingerprint density at radius 3 is 1.96 bits per heavy atom. The van der Waals surface area contributed by atoms with Crippen molar-refractivity contribution in [2.75, 3.05) is 0 Å². The van der Waals surface area contributed by atoms with E-state index in [1.165, 1.54) is 0 Å². The van der Waals surface area contributed by atoms with Crippen molar-refractivity contribution in [2.24, 2.45) is 5.92 Å². The van der Waals surface area contributed by atoms with Gasteiger partial charge in [0, 0.05) is 25.7 Å². The van der Waals surface area contributed by atoms with Gasteiger partial charge in [0.15, 0.2) is 0 Å². The van der Waals surface area contributed by atoms with Crippen molar-refractivity contribution in [2.45, 2.75) is 51.5 Å². The zero-order valence-corrected chi connectivity index (χ0v) is 12.8. The summed E-state index contributed by atoms with van der Waals surface area (Å²) in [6.07, 6.45) is -1.16. The lowest BCUT2D eigenvalue weighted by Crippen LogP contribution is -2.40. The van der Waals surface area contributed by atoms with E-state index in [4.69, 9.17) is 15.3 Å². The minimum Gasteiger partial charge on any atom is -0.481 e. The van der Waals surface area contributed by atoms with Crippen LogP contribution in [0.15, 0.2) is 0 Å². The van der Waals surface area contributed by atoms with E-state index in [1.54, 1.807) is 6.92 Å². The lowest BCUT2D eigenvalue weighted by molar-refractivity contribution is -0.145. The van der Waals surface area contributed by atoms with Crippen LogP contribution >= 0.6 is 0 Å². The van der Waals surface area contributed by atoms with Crippen LogP contribution in [0.25, 0.3) is 0 Å². The molecule has 0 saturated carbocycles. The molecule has 130 valence electrons. The molecule has 0 radical (unpaired) electrons. The van der Waals surface area contributed by atoms with E-state index < -0.39 is 41.6 Å². The molecule has 0 aliphatic carbocycles. The molecular formula is C14H21NO8. The van der Waals surface area contributed by atoms with Crippen molar-refractivity contribution in [1.29, 1.82) is 0 Å². The number of Topliss-reactive ketones (excluding diaryl/α,β-unsaturated/α-hetero) is 1. The van der Waals surface area contributed by atoms with Crippen molar-refractivity contribution in [3.05, 3.63) is 0 Å². The average molecular weight is 331 g/mol. The third-order valence-electron chi connectivity index (χ3n) is 3.20. The Balaban J connectivity index is 4.48. The van der Waals surface area contributed by atoms with E-state index in [0.717, 1.165) is 0 Å². The molecule has 0 aliphatic rings. The van der Waals surface area contributed by atoms with Gasteiger partial charge in [-0.1, -0.05) is 6.92 Å². The summed E-state index contributed by atoms with van der Waals surface area (Å²) in [6, 6.07) is -1.21. The Bertz CT molecular complexity index is 473. The number of hydrogen-bond donors (Lipinski definition) is 4. The highest BCUT2D eigenvalue weighted by Gasteiger charge is 2.24. The molecule has 0 bridgehead atoms. The number of carboxylic acids is 3. The Labute approximate surface area is 132 Å². The van der Waals surface area contributed by atoms with Gasteiger partial charge in [0.25, 0.3) is 0 Å². The first-order valence-corrected chi connectivity index (χ1v) is 7.15. The molecular weight excluding hydrogens is 310 g/mol. The van der Waals surface area contributed by atoms with Gasteiger partial charge in [0.2, 0.25) is 5.91 Å². The fraction of sp³-hybridized carbons (Fsp3) is 0.643. The highest BCUT2D eigenvalue weighted by Crippen LogP contribution is 2.15. The van der Waals surface area contributed by atoms with E-state index in [0.29, 0.717) is 0 Å². The molecule has 0 unspecified atom stereocenters. The third kappa shape index (κ3) is 9.22. The largest absolute Gasteiger partial charge is 0.481 e. The molecule has 0 heterocycles. The zero-order valence-electron chi connectivity index (χ0n) is 12.8. The van der Waals surface area contributed by atoms with Crippen LogP contribution in [0, 0.1) is 5.92 Å². The number of rotatable bonds is 12. The van der Waals surface area contributed by atoms with Crippen molar-refractivity contribution >= 4 is 29.6 Å². The fourth-order valence-corrected chi connectivity index (χ4v) is 1.85. The van der Waals surface area contributed by atoms with Crippen LogP contribution in [0.2, 0.25) is 0 Å². The topological polar surface area (TPSA) is 158 Å². The van der Waals surface area contributed by atoms with E-state index in [2.05, 4.69) is 5.32 Å². The molecule has 9 nitrogen and oxygen atoms in total. The highest BCUT2D eigenvalue weighted by atomic mass is 16.4. The lowest BCUT2D eigenvalue weighted by atomic mass is 9.94. The van der Waals surface area contributed by atoms with Crippen molar-refractivity contribution in [3.8, 4) is 0 Å². The summed E-state index contributed by atoms with van der Waals surface area (Å²) in [5.74, 6) is -5.77. The molecule has 0 saturated heterocycles. The second-order valence-electron chi connectivity index (χ2n) is 5.06. The van der Waals surface area contributed by atoms with Crippen LogP contribution in [0.5, 0.6) is 0 Å². The van der Waals surface area contributed by atoms with E-state index in [-0.39, 0.29) is 38.5 Å². The minimum absolute atomic E-state index is 0.105. The van der Waals surface area contributed by atoms with Gasteiger partial charge in [-0.15, -0.1) is 0 Å². The monoisotopic (exact) mass is 331 g/mol. The van der Waals surface area contributed by atoms with E-state index >= 15 is 0 Å². The van der Waals surface area contributed by atoms with Gasteiger partial charge in [-0.3, -0.25) is 19.2 Å². The molecule has 0 fully saturated rings. The third-order valence-corrected chi connectivity index (χ3v) is 3.20. The van der Waals surface area contributed by atoms with Gasteiger partial charge in [0.05, 0.1) is 5.92 Å². The normalized spacial score (nSPS) is 12.9. The van der Waals surface area contributed by atoms with Crippen molar-refractivity contribution in [3.63, 3.8) is 0 Å². The van der Waals surface area contributed by atoms with Crippen LogP contribution in [0.1, 0.15) is 45.4 Å². The Hall–Kier alpha value is -2.45. The summed E-state index contributed by atoms with van der Waals surface area (Å²) in [6.45, 7) is 1.55. The Morgan fingerprint density at radius 1 is 0.913 bits per heavy atom. The first-order valence-electron chi connectivity index (χ1n) is 7.15. The number of nitrogens with one attached hydrogen (secondary N) is 1. The molecule has 0 aliphatic heterocycles. The van der Waals surface area contributed by atoms with Gasteiger partial charge in [0.1, 0.15) is 11.8 Å². The van der Waals surface area contributed by atoms with Crippen LogP contribution in [-0.4, -0.2) is 51.0 Å². The summed E-state index contributed by atoms with van der Waals surface area (Å²) >= 11 is 0. The van der Waals surface area contributed by atoms with Gasteiger partial charge in [-0.25, -0.2) is 4.79 Å². The first kappa shape index (κ1) is 20.6. The quantitative estimate of drug-likeness (QED) is 0.396. The number of carbonyl (C=O) groups is 5. The average Bonchev–Trinajstić information content (AvgIpc) is 2.46. The SMILES string of the molecule is CCC(=O)N[C@@H](CCC(=O)C[C@@H](CCC(=O)O)C(=O)O)C(=O)O. The molecule has 23 heavy (non-hydrogen) atoms. The Kier molecular flexibility index (Phi) is 9.21. The smallest absolute Gasteiger partial charge is 0.326 e. The van der Waals surface area contributed by atoms with Gasteiger partial charge in [-0.05, 0) is 12.8 Å². The molecule has 0 spiro atoms. The molecule has 0 aromatic heterocycles. The summed E-state index contributed by atoms with van der Waals surface area (Å²) in [5.41, 5.74) is 0. The summed E-state index contributed by atoms with van der Waals surface area (Å²) in [4.78, 5) is 55.4. The number of hydrogen-bond acceptors (Lipinski definition) is 5. The predicted octanol–water partition coefficient (Wildman–Crippen LogP) is 0.271. The summed E-state index contributed by atoms with van der Waals surface area (Å²) in [7, 11) is 0. The van der Waals surface area contributed by atoms with Crippen molar-refractivity contribution < 1.29 is 39.3 Å². The highest BCUT2D eigenvalue weighted by molar-refractivity contribution is 5.86. The number of carbonyl (C=O) groups excluding carboxylic acids is 2. The molecule has 1 amide bonds. The van der Waals surface area contributed by atoms with Gasteiger partial charge < -0.3 is 20.6 Å². The van der Waals surface area contributed by atoms with Crippen LogP contribution in [0.3, 0.4) is 0 Å². The maximum Gasteiger partial charge on any atom is 0.326 e. The second-order valence-corrected chi connectivity index (χ2v) is 5.06. The fourth-order valence-electron chi connectivity index (χ4n) is 1.85. The van der Waals surface area contributed by atoms with E-state index in [9.17, 15) is 24.0 Å². The second kappa shape index (κ2) is 10.3. The number of ketones is 1. The van der Waals surface area contributed by atoms with Gasteiger partial charge in [-0.2, -0.15) is 0 Å². The number of carboxylic acid groups (broad SMARTS) is 3. The predicted molar refractivity (Wildman–Crippen MR) is 76.7 cm³/mol. The molecule has 2 atom stereocenters. The van der Waals surface area contributed by atoms with E-state index in [1.807, 2.05) is 0 Å². The zero-order chi connectivity index (χ0) is 18.0. The molecule has 9 heteroatoms. The number of aliphatic carboxylic acids is 3. The first-order chi connectivity index (χ1) is 10.7. The van der Waals surface area contributed by atoms with Crippen LogP contribution < -0.4 is 5.32 Å². The van der Waals surface area contributed by atoms with Crippen LogP contribution in [-0.2, 0) is 24.0 Å². The maximum absolute atomic E-state index is 11.8. The molecule has 0 aromatic rings. The summed E-state index contributed by atoms with van der Waals surface area (Å²) in [5, 5.41) is 28.7. The Morgan fingerprint density at radius 2 is 1.52 bits per heavy atom. The minimum atomic E-state index is -1.28. The van der Waals surface area contributed by atoms with Gasteiger partial charge >= 0.3 is 17.9 Å². The maximum atomic E-state index is 11.8. The summed E-state index contributed by atoms with van der Waals surface area (Å²) < 4.78 is 0. The lowest BCUT2D eigenvalue weighted by Gasteiger charge is -2.14.